The van der Waals surface area contributed by atoms with Gasteiger partial charge in [-0.25, -0.2) is 0 Å². The van der Waals surface area contributed by atoms with E-state index in [1.165, 1.54) is 5.19 Å². The second kappa shape index (κ2) is 3.87. The maximum absolute atomic E-state index is 3.47. The molecule has 0 saturated heterocycles. The Hall–Kier alpha value is 0.397. The zero-order chi connectivity index (χ0) is 8.43. The molecule has 0 spiro atoms. The van der Waals surface area contributed by atoms with Crippen LogP contribution in [-0.2, 0) is 0 Å². The lowest BCUT2D eigenvalue weighted by molar-refractivity contribution is 1.63. The largest absolute Gasteiger partial charge is 0.0792 e. The zero-order valence-corrected chi connectivity index (χ0v) is 10.7. The topological polar surface area (TPSA) is 0 Å². The Balaban J connectivity index is 3.08. The van der Waals surface area contributed by atoms with Crippen molar-refractivity contribution in [3.63, 3.8) is 0 Å². The Bertz CT molecular complexity index is 238. The van der Waals surface area contributed by atoms with Gasteiger partial charge >= 0.3 is 0 Å². The van der Waals surface area contributed by atoms with Crippen molar-refractivity contribution in [3.8, 4) is 0 Å². The molecule has 1 radical (unpaired) electrons. The van der Waals surface area contributed by atoms with Crippen LogP contribution in [0.1, 0.15) is 0 Å². The maximum Gasteiger partial charge on any atom is 0.0792 e. The summed E-state index contributed by atoms with van der Waals surface area (Å²) in [7, 11) is -0.316. The van der Waals surface area contributed by atoms with Gasteiger partial charge in [0, 0.05) is 8.95 Å². The summed E-state index contributed by atoms with van der Waals surface area (Å²) >= 11 is 6.94. The minimum Gasteiger partial charge on any atom is -0.0671 e. The summed E-state index contributed by atoms with van der Waals surface area (Å²) in [6, 6.07) is 6.45. The molecule has 0 atom stereocenters. The van der Waals surface area contributed by atoms with Gasteiger partial charge in [0.05, 0.1) is 8.80 Å². The van der Waals surface area contributed by atoms with Crippen LogP contribution in [0.15, 0.2) is 27.1 Å². The Morgan fingerprint density at radius 3 is 1.82 bits per heavy atom. The zero-order valence-electron chi connectivity index (χ0n) is 6.49. The van der Waals surface area contributed by atoms with Crippen molar-refractivity contribution in [2.45, 2.75) is 13.1 Å². The monoisotopic (exact) mass is 291 g/mol. The molecule has 0 bridgehead atoms. The van der Waals surface area contributed by atoms with Crippen LogP contribution in [0, 0.1) is 0 Å². The molecule has 59 valence electrons. The number of hydrogen-bond donors (Lipinski definition) is 0. The Morgan fingerprint density at radius 1 is 1.00 bits per heavy atom. The fraction of sp³-hybridized carbons (Fsp3) is 0.250. The number of halogens is 2. The second-order valence-corrected chi connectivity index (χ2v) is 7.07. The minimum atomic E-state index is -0.316. The maximum atomic E-state index is 3.47. The molecule has 0 aliphatic heterocycles. The van der Waals surface area contributed by atoms with E-state index in [1.807, 2.05) is 0 Å². The molecule has 1 rings (SSSR count). The van der Waals surface area contributed by atoms with Gasteiger partial charge in [-0.2, -0.15) is 0 Å². The molecule has 0 N–H and O–H groups in total. The van der Waals surface area contributed by atoms with Crippen LogP contribution in [0.5, 0.6) is 0 Å². The van der Waals surface area contributed by atoms with Crippen LogP contribution in [0.25, 0.3) is 0 Å². The van der Waals surface area contributed by atoms with Crippen molar-refractivity contribution < 1.29 is 0 Å². The molecular weight excluding hydrogens is 284 g/mol. The van der Waals surface area contributed by atoms with Gasteiger partial charge in [-0.15, -0.1) is 0 Å². The molecule has 0 heterocycles. The lowest BCUT2D eigenvalue weighted by Gasteiger charge is -2.04. The quantitative estimate of drug-likeness (QED) is 0.698. The lowest BCUT2D eigenvalue weighted by Crippen LogP contribution is -2.22. The highest BCUT2D eigenvalue weighted by atomic mass is 79.9. The van der Waals surface area contributed by atoms with E-state index < -0.39 is 0 Å². The van der Waals surface area contributed by atoms with E-state index in [0.717, 1.165) is 8.95 Å². The third kappa shape index (κ3) is 2.73. The minimum absolute atomic E-state index is 0.316. The smallest absolute Gasteiger partial charge is 0.0671 e. The van der Waals surface area contributed by atoms with E-state index in [9.17, 15) is 0 Å². The van der Waals surface area contributed by atoms with Crippen LogP contribution >= 0.6 is 31.9 Å². The fourth-order valence-corrected chi connectivity index (χ4v) is 3.45. The Kier molecular flexibility index (Phi) is 3.34. The first-order chi connectivity index (χ1) is 5.09. The summed E-state index contributed by atoms with van der Waals surface area (Å²) in [6.45, 7) is 4.58. The van der Waals surface area contributed by atoms with Gasteiger partial charge in [0.1, 0.15) is 0 Å². The lowest BCUT2D eigenvalue weighted by atomic mass is 10.4. The highest BCUT2D eigenvalue weighted by Gasteiger charge is 2.02. The van der Waals surface area contributed by atoms with Crippen molar-refractivity contribution in [1.29, 1.82) is 0 Å². The molecule has 0 aliphatic rings. The van der Waals surface area contributed by atoms with Crippen LogP contribution in [0.2, 0.25) is 13.1 Å². The molecule has 0 saturated carbocycles. The van der Waals surface area contributed by atoms with Crippen LogP contribution in [-0.4, -0.2) is 8.80 Å². The number of rotatable bonds is 1. The third-order valence-electron chi connectivity index (χ3n) is 1.44. The summed E-state index contributed by atoms with van der Waals surface area (Å²) in [5.41, 5.74) is 0. The molecule has 0 aliphatic carbocycles. The summed E-state index contributed by atoms with van der Waals surface area (Å²) in [4.78, 5) is 0. The second-order valence-electron chi connectivity index (χ2n) is 2.66. The first-order valence-electron chi connectivity index (χ1n) is 3.36. The molecular formula is C8H9Br2Si. The SMILES string of the molecule is C[Si](C)c1cc(Br)cc(Br)c1. The van der Waals surface area contributed by atoms with E-state index in [4.69, 9.17) is 0 Å². The molecule has 0 unspecified atom stereocenters. The fourth-order valence-electron chi connectivity index (χ4n) is 0.843. The van der Waals surface area contributed by atoms with E-state index in [2.05, 4.69) is 63.2 Å². The van der Waals surface area contributed by atoms with Gasteiger partial charge in [0.2, 0.25) is 0 Å². The van der Waals surface area contributed by atoms with E-state index in [0.29, 0.717) is 0 Å². The van der Waals surface area contributed by atoms with Crippen molar-refractivity contribution in [2.24, 2.45) is 0 Å². The van der Waals surface area contributed by atoms with Gasteiger partial charge < -0.3 is 0 Å². The van der Waals surface area contributed by atoms with Crippen molar-refractivity contribution in [1.82, 2.24) is 0 Å². The van der Waals surface area contributed by atoms with Crippen LogP contribution in [0.4, 0.5) is 0 Å². The highest BCUT2D eigenvalue weighted by Crippen LogP contribution is 2.15. The molecule has 3 heteroatoms. The predicted molar refractivity (Wildman–Crippen MR) is 59.0 cm³/mol. The van der Waals surface area contributed by atoms with Gasteiger partial charge in [0.15, 0.2) is 0 Å². The summed E-state index contributed by atoms with van der Waals surface area (Å²) < 4.78 is 2.32. The number of hydrogen-bond acceptors (Lipinski definition) is 0. The van der Waals surface area contributed by atoms with Crippen molar-refractivity contribution in [3.05, 3.63) is 27.1 Å². The number of benzene rings is 1. The van der Waals surface area contributed by atoms with Crippen LogP contribution < -0.4 is 5.19 Å². The van der Waals surface area contributed by atoms with E-state index in [-0.39, 0.29) is 8.80 Å². The third-order valence-corrected chi connectivity index (χ3v) is 3.80. The predicted octanol–water partition coefficient (Wildman–Crippen LogP) is 3.17. The molecule has 0 nitrogen and oxygen atoms in total. The van der Waals surface area contributed by atoms with Crippen molar-refractivity contribution in [2.75, 3.05) is 0 Å². The van der Waals surface area contributed by atoms with Gasteiger partial charge in [0.25, 0.3) is 0 Å². The highest BCUT2D eigenvalue weighted by molar-refractivity contribution is 9.11. The molecule has 0 amide bonds. The van der Waals surface area contributed by atoms with Crippen LogP contribution in [0.3, 0.4) is 0 Å². The van der Waals surface area contributed by atoms with Gasteiger partial charge in [-0.3, -0.25) is 0 Å². The summed E-state index contributed by atoms with van der Waals surface area (Å²) in [5.74, 6) is 0. The van der Waals surface area contributed by atoms with Gasteiger partial charge in [-0.05, 0) is 18.2 Å². The normalized spacial score (nSPS) is 10.6. The molecule has 0 fully saturated rings. The summed E-state index contributed by atoms with van der Waals surface area (Å²) in [5, 5.41) is 1.45. The average molecular weight is 293 g/mol. The Morgan fingerprint density at radius 2 is 1.45 bits per heavy atom. The van der Waals surface area contributed by atoms with Gasteiger partial charge in [-0.1, -0.05) is 50.1 Å². The Labute approximate surface area is 85.9 Å². The molecule has 1 aromatic carbocycles. The van der Waals surface area contributed by atoms with Crippen molar-refractivity contribution >= 4 is 45.8 Å². The molecule has 0 aromatic heterocycles. The first-order valence-corrected chi connectivity index (χ1v) is 7.45. The standard InChI is InChI=1S/C8H9Br2Si/c1-11(2)8-4-6(9)3-7(10)5-8/h3-5H,1-2H3. The average Bonchev–Trinajstić information content (AvgIpc) is 1.85. The van der Waals surface area contributed by atoms with E-state index >= 15 is 0 Å². The first kappa shape index (κ1) is 9.48. The molecule has 11 heavy (non-hydrogen) atoms. The van der Waals surface area contributed by atoms with E-state index in [1.54, 1.807) is 0 Å². The molecule has 1 aromatic rings. The summed E-state index contributed by atoms with van der Waals surface area (Å²) in [6.07, 6.45) is 0.